The van der Waals surface area contributed by atoms with Crippen LogP contribution in [0.5, 0.6) is 0 Å². The molecular weight excluding hydrogens is 552 g/mol. The summed E-state index contributed by atoms with van der Waals surface area (Å²) in [5, 5.41) is 23.9. The second kappa shape index (κ2) is 12.7. The van der Waals surface area contributed by atoms with Crippen molar-refractivity contribution in [2.75, 3.05) is 13.7 Å². The van der Waals surface area contributed by atoms with Crippen molar-refractivity contribution in [2.45, 2.75) is 114 Å². The minimum atomic E-state index is -0.904. The van der Waals surface area contributed by atoms with Gasteiger partial charge in [0.15, 0.2) is 5.79 Å². The molecule has 236 valence electrons. The predicted molar refractivity (Wildman–Crippen MR) is 157 cm³/mol. The average molecular weight is 599 g/mol. The van der Waals surface area contributed by atoms with E-state index in [1.807, 2.05) is 30.3 Å². The highest BCUT2D eigenvalue weighted by atomic mass is 16.8. The number of aliphatic hydroxyl groups excluding tert-OH is 2. The average Bonchev–Trinajstić information content (AvgIpc) is 3.90. The number of benzene rings is 1. The highest BCUT2D eigenvalue weighted by Crippen LogP contribution is 2.59. The first-order chi connectivity index (χ1) is 20.4. The lowest BCUT2D eigenvalue weighted by molar-refractivity contribution is -0.209. The summed E-state index contributed by atoms with van der Waals surface area (Å²) in [4.78, 5) is 41.2. The van der Waals surface area contributed by atoms with Gasteiger partial charge >= 0.3 is 5.97 Å². The van der Waals surface area contributed by atoms with Gasteiger partial charge in [-0.25, -0.2) is 0 Å². The Kier molecular flexibility index (Phi) is 9.32. The Balaban J connectivity index is 1.29. The number of esters is 1. The number of likely N-dealkylation sites (N-methyl/N-ethyl adjacent to an activating group) is 1. The minimum Gasteiger partial charge on any atom is -0.460 e. The zero-order chi connectivity index (χ0) is 30.9. The summed E-state index contributed by atoms with van der Waals surface area (Å²) in [6.07, 6.45) is 4.61. The molecular formula is C33H46N2O8. The fourth-order valence-electron chi connectivity index (χ4n) is 6.27. The molecule has 1 aromatic rings. The lowest BCUT2D eigenvalue weighted by Gasteiger charge is -2.32. The first-order valence-electron chi connectivity index (χ1n) is 15.6. The molecule has 1 heterocycles. The Bertz CT molecular complexity index is 1190. The van der Waals surface area contributed by atoms with E-state index < -0.39 is 53.7 Å². The van der Waals surface area contributed by atoms with E-state index in [2.05, 4.69) is 5.32 Å². The largest absolute Gasteiger partial charge is 0.460 e. The number of hydrogen-bond acceptors (Lipinski definition) is 8. The van der Waals surface area contributed by atoms with Gasteiger partial charge in [-0.3, -0.25) is 14.4 Å². The van der Waals surface area contributed by atoms with Gasteiger partial charge in [0.1, 0.15) is 23.9 Å². The summed E-state index contributed by atoms with van der Waals surface area (Å²) in [6, 6.07) is 7.79. The molecule has 1 saturated heterocycles. The van der Waals surface area contributed by atoms with Crippen molar-refractivity contribution >= 4 is 17.8 Å². The third kappa shape index (κ3) is 7.48. The molecule has 2 saturated carbocycles. The van der Waals surface area contributed by atoms with Gasteiger partial charge in [0, 0.05) is 43.7 Å². The van der Waals surface area contributed by atoms with Crippen LogP contribution in [0, 0.1) is 11.8 Å². The molecule has 3 N–H and O–H groups in total. The van der Waals surface area contributed by atoms with Gasteiger partial charge in [0.25, 0.3) is 0 Å². The van der Waals surface area contributed by atoms with Crippen LogP contribution in [0.4, 0.5) is 0 Å². The standard InChI is InChI=1S/C33H46N2O8/c1-32(2,3)42-28(38)15-14-24(19-36)34-30(39)25(16-20-8-6-5-7-9-20)35(4)31(40)21-17-26(37)29-27(18-21)41-33(43-29,22-10-11-22)23-12-13-23/h5-9,18,22-27,29,36-37H,10-17,19H2,1-4H3,(H,34,39). The molecule has 0 bridgehead atoms. The molecule has 4 aliphatic rings. The van der Waals surface area contributed by atoms with Gasteiger partial charge in [-0.2, -0.15) is 0 Å². The highest BCUT2D eigenvalue weighted by molar-refractivity contribution is 5.97. The van der Waals surface area contributed by atoms with Crippen molar-refractivity contribution in [3.63, 3.8) is 0 Å². The Morgan fingerprint density at radius 1 is 1.09 bits per heavy atom. The van der Waals surface area contributed by atoms with E-state index in [1.165, 1.54) is 4.90 Å². The molecule has 43 heavy (non-hydrogen) atoms. The maximum Gasteiger partial charge on any atom is 0.306 e. The Hall–Kier alpha value is -2.79. The summed E-state index contributed by atoms with van der Waals surface area (Å²) in [5.41, 5.74) is 0.616. The highest BCUT2D eigenvalue weighted by Gasteiger charge is 2.64. The van der Waals surface area contributed by atoms with Crippen LogP contribution in [0.2, 0.25) is 0 Å². The van der Waals surface area contributed by atoms with Crippen LogP contribution in [-0.2, 0) is 35.0 Å². The first-order valence-corrected chi connectivity index (χ1v) is 15.6. The Morgan fingerprint density at radius 2 is 1.74 bits per heavy atom. The second-order valence-corrected chi connectivity index (χ2v) is 13.5. The monoisotopic (exact) mass is 598 g/mol. The second-order valence-electron chi connectivity index (χ2n) is 13.5. The van der Waals surface area contributed by atoms with Gasteiger partial charge in [-0.05, 0) is 64.5 Å². The summed E-state index contributed by atoms with van der Waals surface area (Å²) in [7, 11) is 1.58. The maximum absolute atomic E-state index is 13.9. The molecule has 0 radical (unpaired) electrons. The molecule has 10 nitrogen and oxygen atoms in total. The van der Waals surface area contributed by atoms with Crippen LogP contribution in [0.1, 0.15) is 71.3 Å². The van der Waals surface area contributed by atoms with Crippen molar-refractivity contribution in [3.8, 4) is 0 Å². The fraction of sp³-hybridized carbons (Fsp3) is 0.667. The molecule has 3 fully saturated rings. The smallest absolute Gasteiger partial charge is 0.306 e. The van der Waals surface area contributed by atoms with Crippen molar-refractivity contribution in [1.29, 1.82) is 0 Å². The van der Waals surface area contributed by atoms with E-state index in [-0.39, 0.29) is 38.2 Å². The number of rotatable bonds is 12. The van der Waals surface area contributed by atoms with Crippen molar-refractivity contribution in [3.05, 3.63) is 47.5 Å². The lowest BCUT2D eigenvalue weighted by Crippen LogP contribution is -2.53. The zero-order valence-corrected chi connectivity index (χ0v) is 25.7. The Morgan fingerprint density at radius 3 is 2.33 bits per heavy atom. The van der Waals surface area contributed by atoms with Crippen LogP contribution in [0.25, 0.3) is 0 Å². The molecule has 5 rings (SSSR count). The number of nitrogens with one attached hydrogen (secondary N) is 1. The number of fused-ring (bicyclic) bond motifs is 1. The number of hydrogen-bond donors (Lipinski definition) is 3. The predicted octanol–water partition coefficient (Wildman–Crippen LogP) is 2.65. The van der Waals surface area contributed by atoms with Crippen LogP contribution in [0.3, 0.4) is 0 Å². The SMILES string of the molecule is CN(C(=O)C1=CC2OC(C3CC3)(C3CC3)OC2C(O)C1)C(Cc1ccccc1)C(=O)NC(CO)CCC(=O)OC(C)(C)C. The number of nitrogens with zero attached hydrogens (tertiary/aromatic N) is 1. The van der Waals surface area contributed by atoms with Crippen molar-refractivity contribution in [1.82, 2.24) is 10.2 Å². The summed E-state index contributed by atoms with van der Waals surface area (Å²) >= 11 is 0. The molecule has 2 amide bonds. The van der Waals surface area contributed by atoms with Gasteiger partial charge < -0.3 is 34.6 Å². The quantitative estimate of drug-likeness (QED) is 0.313. The minimum absolute atomic E-state index is 0.0273. The number of ether oxygens (including phenoxy) is 3. The fourth-order valence-corrected chi connectivity index (χ4v) is 6.27. The molecule has 1 aliphatic heterocycles. The van der Waals surface area contributed by atoms with Gasteiger partial charge in [-0.1, -0.05) is 30.3 Å². The topological polar surface area (TPSA) is 135 Å². The first kappa shape index (κ1) is 31.6. The van der Waals surface area contributed by atoms with Gasteiger partial charge in [-0.15, -0.1) is 0 Å². The Labute approximate surface area is 253 Å². The maximum atomic E-state index is 13.9. The number of carbonyl (C=O) groups excluding carboxylic acids is 3. The number of carbonyl (C=O) groups is 3. The van der Waals surface area contributed by atoms with Crippen molar-refractivity contribution in [2.24, 2.45) is 11.8 Å². The van der Waals surface area contributed by atoms with Crippen LogP contribution >= 0.6 is 0 Å². The summed E-state index contributed by atoms with van der Waals surface area (Å²) in [5.74, 6) is -1.23. The molecule has 0 spiro atoms. The molecule has 1 aromatic carbocycles. The molecule has 10 heteroatoms. The zero-order valence-electron chi connectivity index (χ0n) is 25.7. The normalized spacial score (nSPS) is 26.1. The summed E-state index contributed by atoms with van der Waals surface area (Å²) < 4.78 is 18.3. The van der Waals surface area contributed by atoms with E-state index in [1.54, 1.807) is 33.9 Å². The molecule has 5 atom stereocenters. The van der Waals surface area contributed by atoms with E-state index in [9.17, 15) is 24.6 Å². The molecule has 3 aliphatic carbocycles. The van der Waals surface area contributed by atoms with Gasteiger partial charge in [0.05, 0.1) is 18.8 Å². The summed E-state index contributed by atoms with van der Waals surface area (Å²) in [6.45, 7) is 4.97. The van der Waals surface area contributed by atoms with Crippen molar-refractivity contribution < 1.29 is 38.8 Å². The van der Waals surface area contributed by atoms with Gasteiger partial charge in [0.2, 0.25) is 11.8 Å². The number of amides is 2. The third-order valence-corrected chi connectivity index (χ3v) is 8.75. The third-order valence-electron chi connectivity index (χ3n) is 8.75. The van der Waals surface area contributed by atoms with E-state index >= 15 is 0 Å². The van der Waals surface area contributed by atoms with E-state index in [4.69, 9.17) is 14.2 Å². The van der Waals surface area contributed by atoms with E-state index in [0.29, 0.717) is 17.4 Å². The van der Waals surface area contributed by atoms with Crippen LogP contribution in [-0.4, -0.2) is 88.3 Å². The molecule has 5 unspecified atom stereocenters. The number of aliphatic hydroxyl groups is 2. The van der Waals surface area contributed by atoms with E-state index in [0.717, 1.165) is 31.2 Å². The van der Waals surface area contributed by atoms with Crippen LogP contribution in [0.15, 0.2) is 42.0 Å². The van der Waals surface area contributed by atoms with Crippen LogP contribution < -0.4 is 5.32 Å². The lowest BCUT2D eigenvalue weighted by atomic mass is 9.91. The molecule has 0 aromatic heterocycles.